The van der Waals surface area contributed by atoms with Gasteiger partial charge in [0.25, 0.3) is 5.56 Å². The first-order valence-corrected chi connectivity index (χ1v) is 7.38. The topological polar surface area (TPSA) is 37.8 Å². The minimum atomic E-state index is -0.162. The third-order valence-electron chi connectivity index (χ3n) is 3.23. The zero-order chi connectivity index (χ0) is 15.0. The molecule has 0 aliphatic carbocycles. The van der Waals surface area contributed by atoms with Crippen LogP contribution in [0.25, 0.3) is 10.9 Å². The Kier molecular flexibility index (Phi) is 3.85. The molecule has 0 aliphatic heterocycles. The Bertz CT molecular complexity index is 946. The number of aromatic nitrogens is 2. The summed E-state index contributed by atoms with van der Waals surface area (Å²) in [5.41, 5.74) is 1.31. The van der Waals surface area contributed by atoms with E-state index in [1.54, 1.807) is 24.3 Å². The third-order valence-corrected chi connectivity index (χ3v) is 4.16. The van der Waals surface area contributed by atoms with Crippen LogP contribution in [-0.2, 0) is 6.54 Å². The Balaban J connectivity index is 2.20. The molecule has 0 spiro atoms. The Morgan fingerprint density at radius 3 is 2.67 bits per heavy atom. The van der Waals surface area contributed by atoms with Gasteiger partial charge in [-0.05, 0) is 42.0 Å². The van der Waals surface area contributed by atoms with Crippen molar-refractivity contribution in [3.05, 3.63) is 73.2 Å². The number of fused-ring (bicyclic) bond motifs is 1. The molecule has 0 bridgehead atoms. The number of rotatable bonds is 2. The molecule has 1 N–H and O–H groups in total. The van der Waals surface area contributed by atoms with Crippen LogP contribution in [-0.4, -0.2) is 9.55 Å². The Hall–Kier alpha value is -1.62. The Labute approximate surface area is 135 Å². The number of benzene rings is 2. The number of aromatic amines is 1. The van der Waals surface area contributed by atoms with E-state index in [4.69, 9.17) is 35.4 Å². The SMILES string of the molecule is O=c1c2ccc(Cl)cc2[nH]c(=S)n1Cc1ccccc1Cl. The van der Waals surface area contributed by atoms with Gasteiger partial charge in [0.2, 0.25) is 0 Å². The first-order valence-electron chi connectivity index (χ1n) is 6.22. The van der Waals surface area contributed by atoms with E-state index < -0.39 is 0 Å². The largest absolute Gasteiger partial charge is 0.331 e. The van der Waals surface area contributed by atoms with E-state index in [1.165, 1.54) is 4.57 Å². The van der Waals surface area contributed by atoms with Crippen LogP contribution in [0.3, 0.4) is 0 Å². The number of nitrogens with zero attached hydrogens (tertiary/aromatic N) is 1. The molecule has 0 radical (unpaired) electrons. The van der Waals surface area contributed by atoms with Crippen molar-refractivity contribution in [3.63, 3.8) is 0 Å². The van der Waals surface area contributed by atoms with Crippen molar-refractivity contribution < 1.29 is 0 Å². The van der Waals surface area contributed by atoms with E-state index in [0.717, 1.165) is 5.56 Å². The van der Waals surface area contributed by atoms with Crippen molar-refractivity contribution in [1.29, 1.82) is 0 Å². The van der Waals surface area contributed by atoms with Gasteiger partial charge >= 0.3 is 0 Å². The molecule has 3 rings (SSSR count). The second-order valence-electron chi connectivity index (χ2n) is 4.60. The van der Waals surface area contributed by atoms with Crippen molar-refractivity contribution in [2.75, 3.05) is 0 Å². The van der Waals surface area contributed by atoms with Crippen LogP contribution in [0.15, 0.2) is 47.3 Å². The summed E-state index contributed by atoms with van der Waals surface area (Å²) >= 11 is 17.3. The summed E-state index contributed by atoms with van der Waals surface area (Å²) in [4.78, 5) is 15.6. The maximum atomic E-state index is 12.6. The summed E-state index contributed by atoms with van der Waals surface area (Å²) in [6.45, 7) is 0.326. The molecule has 0 saturated carbocycles. The molecular formula is C15H10Cl2N2OS. The van der Waals surface area contributed by atoms with E-state index in [-0.39, 0.29) is 5.56 Å². The van der Waals surface area contributed by atoms with Gasteiger partial charge in [-0.25, -0.2) is 0 Å². The fourth-order valence-corrected chi connectivity index (χ4v) is 2.79. The smallest absolute Gasteiger partial charge is 0.262 e. The van der Waals surface area contributed by atoms with Gasteiger partial charge in [-0.1, -0.05) is 41.4 Å². The van der Waals surface area contributed by atoms with Crippen LogP contribution in [0.4, 0.5) is 0 Å². The maximum absolute atomic E-state index is 12.6. The van der Waals surface area contributed by atoms with Crippen molar-refractivity contribution in [2.45, 2.75) is 6.54 Å². The predicted octanol–water partition coefficient (Wildman–Crippen LogP) is 4.41. The summed E-state index contributed by atoms with van der Waals surface area (Å²) in [5.74, 6) is 0. The predicted molar refractivity (Wildman–Crippen MR) is 89.0 cm³/mol. The lowest BCUT2D eigenvalue weighted by molar-refractivity contribution is 0.734. The van der Waals surface area contributed by atoms with Gasteiger partial charge in [0.1, 0.15) is 0 Å². The lowest BCUT2D eigenvalue weighted by Gasteiger charge is -2.09. The van der Waals surface area contributed by atoms with Crippen molar-refractivity contribution in [3.8, 4) is 0 Å². The van der Waals surface area contributed by atoms with Crippen LogP contribution in [0.5, 0.6) is 0 Å². The number of hydrogen-bond donors (Lipinski definition) is 1. The van der Waals surface area contributed by atoms with E-state index in [1.807, 2.05) is 18.2 Å². The number of hydrogen-bond acceptors (Lipinski definition) is 2. The molecule has 0 atom stereocenters. The minimum absolute atomic E-state index is 0.162. The van der Waals surface area contributed by atoms with Gasteiger partial charge < -0.3 is 4.98 Å². The van der Waals surface area contributed by atoms with Crippen molar-refractivity contribution in [2.24, 2.45) is 0 Å². The van der Waals surface area contributed by atoms with E-state index >= 15 is 0 Å². The van der Waals surface area contributed by atoms with E-state index in [0.29, 0.717) is 32.3 Å². The summed E-state index contributed by atoms with van der Waals surface area (Å²) < 4.78 is 1.84. The molecule has 3 nitrogen and oxygen atoms in total. The average Bonchev–Trinajstić information content (AvgIpc) is 2.45. The summed E-state index contributed by atoms with van der Waals surface area (Å²) in [7, 11) is 0. The Morgan fingerprint density at radius 1 is 1.14 bits per heavy atom. The molecule has 0 unspecified atom stereocenters. The van der Waals surface area contributed by atoms with Gasteiger partial charge in [-0.15, -0.1) is 0 Å². The monoisotopic (exact) mass is 336 g/mol. The fraction of sp³-hybridized carbons (Fsp3) is 0.0667. The quantitative estimate of drug-likeness (QED) is 0.703. The molecular weight excluding hydrogens is 327 g/mol. The van der Waals surface area contributed by atoms with Gasteiger partial charge in [-0.3, -0.25) is 9.36 Å². The third kappa shape index (κ3) is 2.75. The van der Waals surface area contributed by atoms with E-state index in [2.05, 4.69) is 4.98 Å². The van der Waals surface area contributed by atoms with Crippen molar-refractivity contribution >= 4 is 46.3 Å². The molecule has 0 amide bonds. The van der Waals surface area contributed by atoms with Gasteiger partial charge in [-0.2, -0.15) is 0 Å². The second-order valence-corrected chi connectivity index (χ2v) is 5.83. The lowest BCUT2D eigenvalue weighted by Crippen LogP contribution is -2.22. The maximum Gasteiger partial charge on any atom is 0.262 e. The van der Waals surface area contributed by atoms with Crippen LogP contribution in [0, 0.1) is 4.77 Å². The van der Waals surface area contributed by atoms with Crippen LogP contribution >= 0.6 is 35.4 Å². The molecule has 106 valence electrons. The Morgan fingerprint density at radius 2 is 1.90 bits per heavy atom. The summed E-state index contributed by atoms with van der Waals surface area (Å²) in [6.07, 6.45) is 0. The highest BCUT2D eigenvalue weighted by Crippen LogP contribution is 2.17. The van der Waals surface area contributed by atoms with Gasteiger partial charge in [0.15, 0.2) is 4.77 Å². The number of nitrogens with one attached hydrogen (secondary N) is 1. The highest BCUT2D eigenvalue weighted by molar-refractivity contribution is 7.71. The minimum Gasteiger partial charge on any atom is -0.331 e. The zero-order valence-electron chi connectivity index (χ0n) is 10.8. The van der Waals surface area contributed by atoms with Crippen molar-refractivity contribution in [1.82, 2.24) is 9.55 Å². The molecule has 1 aromatic heterocycles. The average molecular weight is 337 g/mol. The van der Waals surface area contributed by atoms with Crippen LogP contribution < -0.4 is 5.56 Å². The van der Waals surface area contributed by atoms with Crippen LogP contribution in [0.1, 0.15) is 5.56 Å². The fourth-order valence-electron chi connectivity index (χ4n) is 2.17. The zero-order valence-corrected chi connectivity index (χ0v) is 13.1. The number of halogens is 2. The normalized spacial score (nSPS) is 11.0. The first kappa shape index (κ1) is 14.3. The van der Waals surface area contributed by atoms with Crippen LogP contribution in [0.2, 0.25) is 10.0 Å². The number of H-pyrrole nitrogens is 1. The molecule has 3 aromatic rings. The van der Waals surface area contributed by atoms with Gasteiger partial charge in [0, 0.05) is 10.0 Å². The van der Waals surface area contributed by atoms with Gasteiger partial charge in [0.05, 0.1) is 17.4 Å². The lowest BCUT2D eigenvalue weighted by atomic mass is 10.2. The molecule has 0 saturated heterocycles. The highest BCUT2D eigenvalue weighted by Gasteiger charge is 2.08. The summed E-state index contributed by atoms with van der Waals surface area (Å²) in [5, 5.41) is 1.70. The first-order chi connectivity index (χ1) is 10.1. The second kappa shape index (κ2) is 5.64. The van der Waals surface area contributed by atoms with E-state index in [9.17, 15) is 4.79 Å². The molecule has 21 heavy (non-hydrogen) atoms. The molecule has 1 heterocycles. The summed E-state index contributed by atoms with van der Waals surface area (Å²) in [6, 6.07) is 12.4. The molecule has 2 aromatic carbocycles. The highest BCUT2D eigenvalue weighted by atomic mass is 35.5. The molecule has 6 heteroatoms. The molecule has 0 aliphatic rings. The molecule has 0 fully saturated rings. The standard InChI is InChI=1S/C15H10Cl2N2OS/c16-10-5-6-11-13(7-10)18-15(21)19(14(11)20)8-9-3-1-2-4-12(9)17/h1-7H,8H2,(H,18,21).